The molecule has 1 heterocycles. The first-order valence-corrected chi connectivity index (χ1v) is 9.84. The molecule has 0 atom stereocenters. The molecule has 0 amide bonds. The van der Waals surface area contributed by atoms with Crippen molar-refractivity contribution in [2.45, 2.75) is 53.4 Å². The Labute approximate surface area is 169 Å². The molecule has 1 aromatic heterocycles. The number of nitrogens with zero attached hydrogens (tertiary/aromatic N) is 2. The number of carbonyl (C=O) groups is 2. The molecule has 0 spiro atoms. The normalized spacial score (nSPS) is 19.4. The summed E-state index contributed by atoms with van der Waals surface area (Å²) < 4.78 is 0. The molecular formula is C23H24N2O4. The van der Waals surface area contributed by atoms with Crippen LogP contribution in [-0.2, 0) is 12.8 Å². The van der Waals surface area contributed by atoms with Crippen LogP contribution in [-0.4, -0.2) is 21.5 Å². The van der Waals surface area contributed by atoms with Gasteiger partial charge in [-0.05, 0) is 29.2 Å². The second-order valence-electron chi connectivity index (χ2n) is 9.82. The molecular weight excluding hydrogens is 368 g/mol. The van der Waals surface area contributed by atoms with Crippen LogP contribution in [0.25, 0.3) is 11.1 Å². The summed E-state index contributed by atoms with van der Waals surface area (Å²) in [4.78, 5) is 42.0. The summed E-state index contributed by atoms with van der Waals surface area (Å²) in [7, 11) is 0. The van der Waals surface area contributed by atoms with Gasteiger partial charge in [-0.25, -0.2) is 0 Å². The molecule has 1 aromatic carbocycles. The fourth-order valence-corrected chi connectivity index (χ4v) is 4.69. The lowest BCUT2D eigenvalue weighted by molar-refractivity contribution is -0.384. The largest absolute Gasteiger partial charge is 0.294 e. The molecule has 2 aliphatic rings. The Morgan fingerprint density at radius 3 is 1.86 bits per heavy atom. The molecule has 6 heteroatoms. The molecule has 0 bridgehead atoms. The minimum Gasteiger partial charge on any atom is -0.294 e. The maximum Gasteiger partial charge on any atom is 0.270 e. The standard InChI is InChI=1S/C23H24N2O4/c1-22(2)9-15-20(17(26)11-22)19(13-6-5-7-14(8-13)25(28)29)21-16(24-15)10-23(3,4)12-18(21)27/h5-8H,9-12H2,1-4H3. The van der Waals surface area contributed by atoms with Gasteiger partial charge >= 0.3 is 0 Å². The van der Waals surface area contributed by atoms with Gasteiger partial charge in [-0.2, -0.15) is 0 Å². The fourth-order valence-electron chi connectivity index (χ4n) is 4.69. The van der Waals surface area contributed by atoms with E-state index >= 15 is 0 Å². The van der Waals surface area contributed by atoms with Crippen LogP contribution in [0, 0.1) is 20.9 Å². The number of carbonyl (C=O) groups excluding carboxylic acids is 2. The van der Waals surface area contributed by atoms with Crippen LogP contribution in [0.5, 0.6) is 0 Å². The number of Topliss-reactive ketones (excluding diaryl/α,β-unsaturated/α-hetero) is 2. The summed E-state index contributed by atoms with van der Waals surface area (Å²) in [5, 5.41) is 11.3. The third-order valence-electron chi connectivity index (χ3n) is 5.82. The van der Waals surface area contributed by atoms with Gasteiger partial charge in [0.15, 0.2) is 11.6 Å². The SMILES string of the molecule is CC1(C)CC(=O)c2c(nc3c(c2-c2cccc([N+](=O)[O-])c2)C(=O)CC(C)(C)C3)C1. The zero-order valence-electron chi connectivity index (χ0n) is 17.2. The van der Waals surface area contributed by atoms with Gasteiger partial charge in [0.1, 0.15) is 0 Å². The summed E-state index contributed by atoms with van der Waals surface area (Å²) >= 11 is 0. The monoisotopic (exact) mass is 392 g/mol. The van der Waals surface area contributed by atoms with Crippen LogP contribution < -0.4 is 0 Å². The van der Waals surface area contributed by atoms with Crippen LogP contribution in [0.15, 0.2) is 24.3 Å². The Bertz CT molecular complexity index is 1030. The van der Waals surface area contributed by atoms with Crippen molar-refractivity contribution in [2.24, 2.45) is 10.8 Å². The average molecular weight is 392 g/mol. The zero-order chi connectivity index (χ0) is 21.1. The Hall–Kier alpha value is -2.89. The molecule has 0 N–H and O–H groups in total. The second kappa shape index (κ2) is 6.31. The van der Waals surface area contributed by atoms with E-state index in [1.54, 1.807) is 12.1 Å². The van der Waals surface area contributed by atoms with Crippen LogP contribution in [0.1, 0.15) is 72.6 Å². The number of non-ortho nitro benzene ring substituents is 1. The molecule has 6 nitrogen and oxygen atoms in total. The summed E-state index contributed by atoms with van der Waals surface area (Å²) in [6, 6.07) is 6.21. The second-order valence-corrected chi connectivity index (χ2v) is 9.82. The maximum atomic E-state index is 13.1. The van der Waals surface area contributed by atoms with Gasteiger partial charge in [0, 0.05) is 41.7 Å². The van der Waals surface area contributed by atoms with E-state index in [0.29, 0.717) is 59.3 Å². The van der Waals surface area contributed by atoms with Gasteiger partial charge in [-0.3, -0.25) is 24.7 Å². The topological polar surface area (TPSA) is 90.2 Å². The van der Waals surface area contributed by atoms with Crippen molar-refractivity contribution >= 4 is 17.3 Å². The Kier molecular flexibility index (Phi) is 4.22. The lowest BCUT2D eigenvalue weighted by atomic mass is 9.69. The van der Waals surface area contributed by atoms with E-state index in [0.717, 1.165) is 0 Å². The van der Waals surface area contributed by atoms with Gasteiger partial charge in [0.05, 0.1) is 16.3 Å². The molecule has 0 aliphatic heterocycles. The first kappa shape index (κ1) is 19.4. The molecule has 4 rings (SSSR count). The van der Waals surface area contributed by atoms with Crippen molar-refractivity contribution in [3.8, 4) is 11.1 Å². The predicted octanol–water partition coefficient (Wildman–Crippen LogP) is 4.97. The minimum atomic E-state index is -0.459. The maximum absolute atomic E-state index is 13.1. The van der Waals surface area contributed by atoms with Crippen molar-refractivity contribution < 1.29 is 14.5 Å². The number of fused-ring (bicyclic) bond motifs is 2. The summed E-state index contributed by atoms with van der Waals surface area (Å²) in [5.41, 5.74) is 2.94. The Morgan fingerprint density at radius 1 is 0.862 bits per heavy atom. The highest BCUT2D eigenvalue weighted by Crippen LogP contribution is 2.45. The third kappa shape index (κ3) is 3.37. The van der Waals surface area contributed by atoms with Gasteiger partial charge in [0.2, 0.25) is 0 Å². The van der Waals surface area contributed by atoms with Crippen LogP contribution in [0.2, 0.25) is 0 Å². The molecule has 2 aliphatic carbocycles. The molecule has 0 unspecified atom stereocenters. The quantitative estimate of drug-likeness (QED) is 0.532. The van der Waals surface area contributed by atoms with Crippen molar-refractivity contribution in [3.63, 3.8) is 0 Å². The number of rotatable bonds is 2. The molecule has 2 aromatic rings. The number of pyridine rings is 1. The van der Waals surface area contributed by atoms with E-state index in [1.807, 2.05) is 27.7 Å². The van der Waals surface area contributed by atoms with E-state index in [4.69, 9.17) is 4.98 Å². The van der Waals surface area contributed by atoms with Crippen LogP contribution in [0.4, 0.5) is 5.69 Å². The third-order valence-corrected chi connectivity index (χ3v) is 5.82. The molecule has 29 heavy (non-hydrogen) atoms. The molecule has 0 radical (unpaired) electrons. The molecule has 0 saturated heterocycles. The number of hydrogen-bond donors (Lipinski definition) is 0. The van der Waals surface area contributed by atoms with Crippen molar-refractivity contribution in [1.29, 1.82) is 0 Å². The highest BCUT2D eigenvalue weighted by Gasteiger charge is 2.40. The Balaban J connectivity index is 2.06. The van der Waals surface area contributed by atoms with Crippen LogP contribution >= 0.6 is 0 Å². The summed E-state index contributed by atoms with van der Waals surface area (Å²) in [6.07, 6.45) is 2.00. The molecule has 0 fully saturated rings. The fraction of sp³-hybridized carbons (Fsp3) is 0.435. The lowest BCUT2D eigenvalue weighted by Gasteiger charge is -2.35. The highest BCUT2D eigenvalue weighted by molar-refractivity contribution is 6.12. The van der Waals surface area contributed by atoms with E-state index < -0.39 is 4.92 Å². The van der Waals surface area contributed by atoms with E-state index in [1.165, 1.54) is 12.1 Å². The summed E-state index contributed by atoms with van der Waals surface area (Å²) in [5.74, 6) is -0.101. The number of hydrogen-bond acceptors (Lipinski definition) is 5. The van der Waals surface area contributed by atoms with E-state index in [2.05, 4.69) is 0 Å². The number of nitro benzene ring substituents is 1. The summed E-state index contributed by atoms with van der Waals surface area (Å²) in [6.45, 7) is 8.16. The lowest BCUT2D eigenvalue weighted by Crippen LogP contribution is -2.33. The van der Waals surface area contributed by atoms with Crippen molar-refractivity contribution in [3.05, 3.63) is 56.9 Å². The van der Waals surface area contributed by atoms with Gasteiger partial charge in [-0.1, -0.05) is 39.8 Å². The van der Waals surface area contributed by atoms with Crippen molar-refractivity contribution in [2.75, 3.05) is 0 Å². The smallest absolute Gasteiger partial charge is 0.270 e. The number of aromatic nitrogens is 1. The first-order valence-electron chi connectivity index (χ1n) is 9.84. The first-order chi connectivity index (χ1) is 13.5. The number of nitro groups is 1. The number of benzene rings is 1. The Morgan fingerprint density at radius 2 is 1.38 bits per heavy atom. The van der Waals surface area contributed by atoms with E-state index in [9.17, 15) is 19.7 Å². The van der Waals surface area contributed by atoms with Gasteiger partial charge < -0.3 is 0 Å². The van der Waals surface area contributed by atoms with Crippen LogP contribution in [0.3, 0.4) is 0 Å². The minimum absolute atomic E-state index is 0.0503. The van der Waals surface area contributed by atoms with E-state index in [-0.39, 0.29) is 28.1 Å². The van der Waals surface area contributed by atoms with Crippen molar-refractivity contribution in [1.82, 2.24) is 4.98 Å². The van der Waals surface area contributed by atoms with Gasteiger partial charge in [-0.15, -0.1) is 0 Å². The molecule has 0 saturated carbocycles. The highest BCUT2D eigenvalue weighted by atomic mass is 16.6. The molecule has 150 valence electrons. The zero-order valence-corrected chi connectivity index (χ0v) is 17.2. The average Bonchev–Trinajstić information content (AvgIpc) is 2.57. The van der Waals surface area contributed by atoms with Gasteiger partial charge in [0.25, 0.3) is 5.69 Å². The predicted molar refractivity (Wildman–Crippen MR) is 109 cm³/mol. The number of ketones is 2.